The molecule has 2 aromatic carbocycles. The molecule has 2 amide bonds. The Morgan fingerprint density at radius 3 is 2.44 bits per heavy atom. The largest absolute Gasteiger partial charge is 0.483 e. The summed E-state index contributed by atoms with van der Waals surface area (Å²) in [6.07, 6.45) is 0. The Kier molecular flexibility index (Phi) is 6.04. The molecule has 5 nitrogen and oxygen atoms in total. The number of rotatable bonds is 4. The maximum atomic E-state index is 11.9. The molecule has 2 N–H and O–H groups in total. The molecule has 2 rings (SSSR count). The van der Waals surface area contributed by atoms with E-state index in [0.29, 0.717) is 16.3 Å². The lowest BCUT2D eigenvalue weighted by Crippen LogP contribution is -2.43. The molecule has 0 heterocycles. The zero-order valence-corrected chi connectivity index (χ0v) is 15.2. The van der Waals surface area contributed by atoms with Crippen molar-refractivity contribution in [3.63, 3.8) is 0 Å². The van der Waals surface area contributed by atoms with E-state index in [-0.39, 0.29) is 12.0 Å². The first-order valence-corrected chi connectivity index (χ1v) is 8.22. The van der Waals surface area contributed by atoms with E-state index >= 15 is 0 Å². The van der Waals surface area contributed by atoms with Crippen LogP contribution in [0.3, 0.4) is 0 Å². The average Bonchev–Trinajstić information content (AvgIpc) is 2.57. The molecule has 2 aromatic rings. The number of carbonyl (C=O) groups is 2. The van der Waals surface area contributed by atoms with Gasteiger partial charge in [-0.25, -0.2) is 0 Å². The fourth-order valence-electron chi connectivity index (χ4n) is 2.22. The minimum Gasteiger partial charge on any atom is -0.483 e. The molecule has 0 unspecified atom stereocenters. The average molecular weight is 361 g/mol. The van der Waals surface area contributed by atoms with Crippen LogP contribution in [-0.4, -0.2) is 18.4 Å². The highest BCUT2D eigenvalue weighted by Crippen LogP contribution is 2.30. The molecule has 0 aliphatic carbocycles. The van der Waals surface area contributed by atoms with Crippen molar-refractivity contribution in [1.82, 2.24) is 10.9 Å². The Hall–Kier alpha value is -2.53. The molecule has 0 atom stereocenters. The molecule has 25 heavy (non-hydrogen) atoms. The van der Waals surface area contributed by atoms with E-state index in [1.807, 2.05) is 24.3 Å². The first kappa shape index (κ1) is 18.8. The minimum atomic E-state index is -0.459. The van der Waals surface area contributed by atoms with Gasteiger partial charge < -0.3 is 4.74 Å². The molecular formula is C19H21ClN2O3. The number of benzene rings is 2. The summed E-state index contributed by atoms with van der Waals surface area (Å²) in [5, 5.41) is 0.445. The Bertz CT molecular complexity index is 769. The van der Waals surface area contributed by atoms with Gasteiger partial charge in [-0.3, -0.25) is 20.4 Å². The summed E-state index contributed by atoms with van der Waals surface area (Å²) in [7, 11) is 0. The molecule has 132 valence electrons. The minimum absolute atomic E-state index is 0.103. The van der Waals surface area contributed by atoms with Gasteiger partial charge >= 0.3 is 0 Å². The molecule has 0 aliphatic rings. The maximum absolute atomic E-state index is 11.9. The van der Waals surface area contributed by atoms with Crippen LogP contribution in [0.4, 0.5) is 0 Å². The van der Waals surface area contributed by atoms with E-state index in [1.54, 1.807) is 18.2 Å². The van der Waals surface area contributed by atoms with Crippen LogP contribution >= 0.6 is 11.6 Å². The van der Waals surface area contributed by atoms with Crippen molar-refractivity contribution in [2.75, 3.05) is 6.61 Å². The summed E-state index contributed by atoms with van der Waals surface area (Å²) in [5.74, 6) is -0.267. The maximum Gasteiger partial charge on any atom is 0.276 e. The molecule has 0 saturated carbocycles. The second-order valence-electron chi connectivity index (χ2n) is 6.55. The first-order valence-electron chi connectivity index (χ1n) is 7.84. The topological polar surface area (TPSA) is 67.4 Å². The van der Waals surface area contributed by atoms with E-state index < -0.39 is 11.8 Å². The zero-order chi connectivity index (χ0) is 18.4. The third-order valence-corrected chi connectivity index (χ3v) is 3.69. The van der Waals surface area contributed by atoms with Gasteiger partial charge in [-0.05, 0) is 35.2 Å². The van der Waals surface area contributed by atoms with Crippen molar-refractivity contribution in [2.45, 2.75) is 26.2 Å². The predicted octanol–water partition coefficient (Wildman–Crippen LogP) is 3.48. The zero-order valence-electron chi connectivity index (χ0n) is 14.4. The van der Waals surface area contributed by atoms with Crippen LogP contribution in [0.2, 0.25) is 5.02 Å². The second kappa shape index (κ2) is 8.03. The summed E-state index contributed by atoms with van der Waals surface area (Å²) >= 11 is 5.83. The van der Waals surface area contributed by atoms with Gasteiger partial charge in [0, 0.05) is 10.6 Å². The predicted molar refractivity (Wildman–Crippen MR) is 97.7 cm³/mol. The van der Waals surface area contributed by atoms with E-state index in [1.165, 1.54) is 6.07 Å². The fraction of sp³-hybridized carbons (Fsp3) is 0.263. The third-order valence-electron chi connectivity index (χ3n) is 3.46. The van der Waals surface area contributed by atoms with E-state index in [4.69, 9.17) is 16.3 Å². The third kappa shape index (κ3) is 5.50. The highest BCUT2D eigenvalue weighted by molar-refractivity contribution is 6.30. The van der Waals surface area contributed by atoms with Gasteiger partial charge in [-0.1, -0.05) is 56.6 Å². The molecule has 0 radical (unpaired) electrons. The number of ether oxygens (including phenoxy) is 1. The van der Waals surface area contributed by atoms with Crippen molar-refractivity contribution in [2.24, 2.45) is 0 Å². The van der Waals surface area contributed by atoms with E-state index in [0.717, 1.165) is 5.56 Å². The Morgan fingerprint density at radius 1 is 1.04 bits per heavy atom. The fourth-order valence-corrected chi connectivity index (χ4v) is 2.41. The Morgan fingerprint density at radius 2 is 1.76 bits per heavy atom. The molecule has 0 spiro atoms. The number of para-hydroxylation sites is 1. The van der Waals surface area contributed by atoms with Crippen LogP contribution in [0.1, 0.15) is 36.7 Å². The SMILES string of the molecule is CC(C)(C)c1ccccc1OCC(=O)NNC(=O)c1cccc(Cl)c1. The van der Waals surface area contributed by atoms with Crippen LogP contribution in [0.25, 0.3) is 0 Å². The lowest BCUT2D eigenvalue weighted by atomic mass is 9.86. The summed E-state index contributed by atoms with van der Waals surface area (Å²) in [6, 6.07) is 14.0. The van der Waals surface area contributed by atoms with Gasteiger partial charge in [0.15, 0.2) is 6.61 Å². The summed E-state index contributed by atoms with van der Waals surface area (Å²) in [5.41, 5.74) is 5.91. The van der Waals surface area contributed by atoms with Gasteiger partial charge in [-0.15, -0.1) is 0 Å². The van der Waals surface area contributed by atoms with Gasteiger partial charge in [0.25, 0.3) is 11.8 Å². The number of hydrogen-bond donors (Lipinski definition) is 2. The number of hydrazine groups is 1. The summed E-state index contributed by atoms with van der Waals surface area (Å²) in [6.45, 7) is 6.00. The molecule has 6 heteroatoms. The smallest absolute Gasteiger partial charge is 0.276 e. The number of carbonyl (C=O) groups excluding carboxylic acids is 2. The van der Waals surface area contributed by atoms with Crippen LogP contribution in [0, 0.1) is 0 Å². The molecule has 0 aromatic heterocycles. The lowest BCUT2D eigenvalue weighted by molar-refractivity contribution is -0.123. The quantitative estimate of drug-likeness (QED) is 0.820. The Labute approximate surface area is 152 Å². The van der Waals surface area contributed by atoms with Gasteiger partial charge in [-0.2, -0.15) is 0 Å². The number of hydrogen-bond acceptors (Lipinski definition) is 3. The van der Waals surface area contributed by atoms with E-state index in [9.17, 15) is 9.59 Å². The lowest BCUT2D eigenvalue weighted by Gasteiger charge is -2.22. The molecule has 0 saturated heterocycles. The molecule has 0 fully saturated rings. The molecule has 0 aliphatic heterocycles. The van der Waals surface area contributed by atoms with Gasteiger partial charge in [0.2, 0.25) is 0 Å². The van der Waals surface area contributed by atoms with Crippen LogP contribution < -0.4 is 15.6 Å². The van der Waals surface area contributed by atoms with Crippen molar-refractivity contribution in [3.8, 4) is 5.75 Å². The van der Waals surface area contributed by atoms with Crippen LogP contribution in [0.15, 0.2) is 48.5 Å². The van der Waals surface area contributed by atoms with Crippen molar-refractivity contribution < 1.29 is 14.3 Å². The Balaban J connectivity index is 1.89. The second-order valence-corrected chi connectivity index (χ2v) is 6.98. The number of halogens is 1. The van der Waals surface area contributed by atoms with E-state index in [2.05, 4.69) is 31.6 Å². The van der Waals surface area contributed by atoms with Crippen molar-refractivity contribution in [3.05, 3.63) is 64.7 Å². The number of amides is 2. The highest BCUT2D eigenvalue weighted by atomic mass is 35.5. The highest BCUT2D eigenvalue weighted by Gasteiger charge is 2.19. The summed E-state index contributed by atoms with van der Waals surface area (Å²) < 4.78 is 5.60. The van der Waals surface area contributed by atoms with Crippen molar-refractivity contribution >= 4 is 23.4 Å². The first-order chi connectivity index (χ1) is 11.8. The van der Waals surface area contributed by atoms with Crippen LogP contribution in [-0.2, 0) is 10.2 Å². The van der Waals surface area contributed by atoms with Gasteiger partial charge in [0.1, 0.15) is 5.75 Å². The monoisotopic (exact) mass is 360 g/mol. The standard InChI is InChI=1S/C19H21ClN2O3/c1-19(2,3)15-9-4-5-10-16(15)25-12-17(23)21-22-18(24)13-7-6-8-14(20)11-13/h4-11H,12H2,1-3H3,(H,21,23)(H,22,24). The van der Waals surface area contributed by atoms with Crippen LogP contribution in [0.5, 0.6) is 5.75 Å². The molecule has 0 bridgehead atoms. The van der Waals surface area contributed by atoms with Gasteiger partial charge in [0.05, 0.1) is 0 Å². The molecular weight excluding hydrogens is 340 g/mol. The number of nitrogens with one attached hydrogen (secondary N) is 2. The normalized spacial score (nSPS) is 10.9. The summed E-state index contributed by atoms with van der Waals surface area (Å²) in [4.78, 5) is 23.8. The van der Waals surface area contributed by atoms with Crippen molar-refractivity contribution in [1.29, 1.82) is 0 Å².